The molecule has 0 saturated heterocycles. The molecule has 1 amide bonds. The molecule has 0 fully saturated rings. The molecule has 5 heteroatoms. The second-order valence-electron chi connectivity index (χ2n) is 4.05. The summed E-state index contributed by atoms with van der Waals surface area (Å²) in [5.74, 6) is -0.271. The van der Waals surface area contributed by atoms with Crippen LogP contribution in [0.5, 0.6) is 0 Å². The Morgan fingerprint density at radius 1 is 1.16 bits per heavy atom. The van der Waals surface area contributed by atoms with Crippen molar-refractivity contribution in [2.24, 2.45) is 0 Å². The number of nitrogens with one attached hydrogen (secondary N) is 1. The van der Waals surface area contributed by atoms with Gasteiger partial charge in [0.25, 0.3) is 5.91 Å². The van der Waals surface area contributed by atoms with E-state index in [1.807, 2.05) is 13.0 Å². The van der Waals surface area contributed by atoms with E-state index in [0.717, 1.165) is 5.56 Å². The van der Waals surface area contributed by atoms with Crippen LogP contribution in [0.15, 0.2) is 41.3 Å². The zero-order valence-corrected chi connectivity index (χ0v) is 12.5. The van der Waals surface area contributed by atoms with E-state index in [1.165, 1.54) is 0 Å². The summed E-state index contributed by atoms with van der Waals surface area (Å²) in [6, 6.07) is 10.4. The molecule has 0 saturated carbocycles. The predicted molar refractivity (Wildman–Crippen MR) is 82.8 cm³/mol. The highest BCUT2D eigenvalue weighted by Crippen LogP contribution is 2.29. The summed E-state index contributed by atoms with van der Waals surface area (Å²) in [7, 11) is 0. The van der Waals surface area contributed by atoms with Crippen molar-refractivity contribution < 1.29 is 4.79 Å². The third-order valence-electron chi connectivity index (χ3n) is 2.65. The summed E-state index contributed by atoms with van der Waals surface area (Å²) < 4.78 is 0. The first kappa shape index (κ1) is 14.3. The van der Waals surface area contributed by atoms with E-state index in [1.54, 1.807) is 30.3 Å². The second-order valence-corrected chi connectivity index (χ2v) is 5.35. The number of hydrogen-bond acceptors (Lipinski definition) is 2. The Labute approximate surface area is 127 Å². The summed E-state index contributed by atoms with van der Waals surface area (Å²) in [6.07, 6.45) is 0. The highest BCUT2D eigenvalue weighted by atomic mass is 35.5. The average Bonchev–Trinajstić information content (AvgIpc) is 2.36. The van der Waals surface area contributed by atoms with Crippen LogP contribution in [0.1, 0.15) is 15.9 Å². The van der Waals surface area contributed by atoms with Crippen molar-refractivity contribution in [2.45, 2.75) is 11.8 Å². The van der Waals surface area contributed by atoms with Crippen molar-refractivity contribution in [3.8, 4) is 0 Å². The van der Waals surface area contributed by atoms with Gasteiger partial charge in [-0.25, -0.2) is 0 Å². The molecule has 0 aromatic heterocycles. The Kier molecular flexibility index (Phi) is 4.40. The standard InChI is InChI=1S/C14H11Cl2NOS/c1-8-6-11(16)12(7-10(8)15)17-14(18)9-4-2-3-5-13(9)19/h2-7,19H,1H3,(H,17,18). The lowest BCUT2D eigenvalue weighted by molar-refractivity contribution is 0.102. The first-order valence-electron chi connectivity index (χ1n) is 5.54. The van der Waals surface area contributed by atoms with Crippen LogP contribution in [0.4, 0.5) is 5.69 Å². The molecule has 0 unspecified atom stereocenters. The molecule has 0 aliphatic rings. The Morgan fingerprint density at radius 2 is 1.84 bits per heavy atom. The van der Waals surface area contributed by atoms with Gasteiger partial charge in [0.05, 0.1) is 16.3 Å². The van der Waals surface area contributed by atoms with Crippen LogP contribution in [-0.2, 0) is 0 Å². The maximum absolute atomic E-state index is 12.1. The molecule has 0 aliphatic heterocycles. The third kappa shape index (κ3) is 3.24. The van der Waals surface area contributed by atoms with Gasteiger partial charge in [-0.3, -0.25) is 4.79 Å². The lowest BCUT2D eigenvalue weighted by Crippen LogP contribution is -2.13. The smallest absolute Gasteiger partial charge is 0.256 e. The van der Waals surface area contributed by atoms with Crippen LogP contribution in [0, 0.1) is 6.92 Å². The van der Waals surface area contributed by atoms with Crippen molar-refractivity contribution in [3.05, 3.63) is 57.6 Å². The minimum absolute atomic E-state index is 0.271. The molecule has 0 aliphatic carbocycles. The van der Waals surface area contributed by atoms with Gasteiger partial charge < -0.3 is 5.32 Å². The van der Waals surface area contributed by atoms with E-state index in [-0.39, 0.29) is 5.91 Å². The number of halogens is 2. The molecule has 0 radical (unpaired) electrons. The van der Waals surface area contributed by atoms with Gasteiger partial charge in [-0.1, -0.05) is 35.3 Å². The van der Waals surface area contributed by atoms with Crippen molar-refractivity contribution in [2.75, 3.05) is 5.32 Å². The van der Waals surface area contributed by atoms with Crippen LogP contribution in [-0.4, -0.2) is 5.91 Å². The van der Waals surface area contributed by atoms with Crippen LogP contribution >= 0.6 is 35.8 Å². The molecule has 2 nitrogen and oxygen atoms in total. The average molecular weight is 312 g/mol. The third-order valence-corrected chi connectivity index (χ3v) is 3.76. The summed E-state index contributed by atoms with van der Waals surface area (Å²) in [5, 5.41) is 3.74. The van der Waals surface area contributed by atoms with Crippen molar-refractivity contribution in [1.29, 1.82) is 0 Å². The lowest BCUT2D eigenvalue weighted by atomic mass is 10.2. The first-order valence-corrected chi connectivity index (χ1v) is 6.74. The molecule has 0 heterocycles. The quantitative estimate of drug-likeness (QED) is 0.763. The molecular formula is C14H11Cl2NOS. The normalized spacial score (nSPS) is 10.3. The molecule has 2 aromatic rings. The molecule has 1 N–H and O–H groups in total. The van der Waals surface area contributed by atoms with Gasteiger partial charge in [-0.2, -0.15) is 0 Å². The monoisotopic (exact) mass is 311 g/mol. The number of thiol groups is 1. The summed E-state index contributed by atoms with van der Waals surface area (Å²) in [6.45, 7) is 1.85. The second kappa shape index (κ2) is 5.87. The van der Waals surface area contributed by atoms with Gasteiger partial charge in [0.15, 0.2) is 0 Å². The molecule has 98 valence electrons. The number of aryl methyl sites for hydroxylation is 1. The van der Waals surface area contributed by atoms with Gasteiger partial charge in [-0.05, 0) is 36.8 Å². The minimum Gasteiger partial charge on any atom is -0.321 e. The number of amides is 1. The van der Waals surface area contributed by atoms with Gasteiger partial charge in [0.1, 0.15) is 0 Å². The number of carbonyl (C=O) groups excluding carboxylic acids is 1. The van der Waals surface area contributed by atoms with Gasteiger partial charge >= 0.3 is 0 Å². The van der Waals surface area contributed by atoms with Crippen LogP contribution in [0.2, 0.25) is 10.0 Å². The zero-order chi connectivity index (χ0) is 14.0. The number of anilines is 1. The maximum atomic E-state index is 12.1. The molecule has 0 spiro atoms. The topological polar surface area (TPSA) is 29.1 Å². The molecule has 2 aromatic carbocycles. The van der Waals surface area contributed by atoms with Gasteiger partial charge in [0, 0.05) is 9.92 Å². The predicted octanol–water partition coefficient (Wildman–Crippen LogP) is 4.84. The van der Waals surface area contributed by atoms with E-state index >= 15 is 0 Å². The molecule has 19 heavy (non-hydrogen) atoms. The Hall–Kier alpha value is -1.16. The Balaban J connectivity index is 2.30. The highest BCUT2D eigenvalue weighted by Gasteiger charge is 2.12. The first-order chi connectivity index (χ1) is 8.99. The fraction of sp³-hybridized carbons (Fsp3) is 0.0714. The fourth-order valence-electron chi connectivity index (χ4n) is 1.60. The van der Waals surface area contributed by atoms with Crippen molar-refractivity contribution in [1.82, 2.24) is 0 Å². The number of carbonyl (C=O) groups is 1. The fourth-order valence-corrected chi connectivity index (χ4v) is 2.29. The number of hydrogen-bond donors (Lipinski definition) is 2. The van der Waals surface area contributed by atoms with E-state index in [9.17, 15) is 4.79 Å². The van der Waals surface area contributed by atoms with E-state index < -0.39 is 0 Å². The molecule has 2 rings (SSSR count). The van der Waals surface area contributed by atoms with E-state index in [4.69, 9.17) is 23.2 Å². The van der Waals surface area contributed by atoms with E-state index in [0.29, 0.717) is 26.2 Å². The van der Waals surface area contributed by atoms with Gasteiger partial charge in [0.2, 0.25) is 0 Å². The van der Waals surface area contributed by atoms with E-state index in [2.05, 4.69) is 17.9 Å². The Morgan fingerprint density at radius 3 is 2.53 bits per heavy atom. The highest BCUT2D eigenvalue weighted by molar-refractivity contribution is 7.80. The van der Waals surface area contributed by atoms with Crippen LogP contribution in [0.3, 0.4) is 0 Å². The molecule has 0 atom stereocenters. The largest absolute Gasteiger partial charge is 0.321 e. The van der Waals surface area contributed by atoms with Gasteiger partial charge in [-0.15, -0.1) is 12.6 Å². The number of benzene rings is 2. The Bertz CT molecular complexity index is 643. The van der Waals surface area contributed by atoms with Crippen LogP contribution in [0.25, 0.3) is 0 Å². The summed E-state index contributed by atoms with van der Waals surface area (Å²) in [4.78, 5) is 12.7. The van der Waals surface area contributed by atoms with Crippen LogP contribution < -0.4 is 5.32 Å². The zero-order valence-electron chi connectivity index (χ0n) is 10.1. The SMILES string of the molecule is Cc1cc(Cl)c(NC(=O)c2ccccc2S)cc1Cl. The molecular weight excluding hydrogens is 301 g/mol. The number of rotatable bonds is 2. The maximum Gasteiger partial charge on any atom is 0.256 e. The lowest BCUT2D eigenvalue weighted by Gasteiger charge is -2.10. The van der Waals surface area contributed by atoms with Crippen molar-refractivity contribution in [3.63, 3.8) is 0 Å². The summed E-state index contributed by atoms with van der Waals surface area (Å²) >= 11 is 16.3. The summed E-state index contributed by atoms with van der Waals surface area (Å²) in [5.41, 5.74) is 1.83. The minimum atomic E-state index is -0.271. The molecule has 0 bridgehead atoms. The van der Waals surface area contributed by atoms with Crippen molar-refractivity contribution >= 4 is 47.4 Å².